The SMILES string of the molecule is CC(C)CS(=O)(=O)Nc1cc(Cl)ccc1Br. The van der Waals surface area contributed by atoms with E-state index in [0.717, 1.165) is 0 Å². The zero-order valence-electron chi connectivity index (χ0n) is 9.00. The topological polar surface area (TPSA) is 46.2 Å². The Morgan fingerprint density at radius 3 is 2.62 bits per heavy atom. The highest BCUT2D eigenvalue weighted by atomic mass is 79.9. The maximum Gasteiger partial charge on any atom is 0.233 e. The molecule has 0 saturated heterocycles. The molecule has 3 nitrogen and oxygen atoms in total. The number of nitrogens with one attached hydrogen (secondary N) is 1. The Bertz CT molecular complexity index is 474. The largest absolute Gasteiger partial charge is 0.282 e. The quantitative estimate of drug-likeness (QED) is 0.920. The fourth-order valence-corrected chi connectivity index (χ4v) is 3.34. The normalized spacial score (nSPS) is 11.8. The minimum Gasteiger partial charge on any atom is -0.282 e. The lowest BCUT2D eigenvalue weighted by Gasteiger charge is -2.11. The second-order valence-electron chi connectivity index (χ2n) is 3.90. The summed E-state index contributed by atoms with van der Waals surface area (Å²) in [5.41, 5.74) is 0.466. The van der Waals surface area contributed by atoms with Crippen molar-refractivity contribution in [1.82, 2.24) is 0 Å². The number of halogens is 2. The maximum absolute atomic E-state index is 11.7. The minimum atomic E-state index is -3.31. The Balaban J connectivity index is 2.92. The minimum absolute atomic E-state index is 0.0791. The first-order valence-corrected chi connectivity index (χ1v) is 7.58. The van der Waals surface area contributed by atoms with Gasteiger partial charge in [0.05, 0.1) is 11.4 Å². The molecule has 0 bridgehead atoms. The summed E-state index contributed by atoms with van der Waals surface area (Å²) in [5.74, 6) is 0.168. The van der Waals surface area contributed by atoms with Crippen LogP contribution in [0.5, 0.6) is 0 Å². The van der Waals surface area contributed by atoms with E-state index in [2.05, 4.69) is 20.7 Å². The third-order valence-electron chi connectivity index (χ3n) is 1.75. The predicted octanol–water partition coefficient (Wildman–Crippen LogP) is 3.50. The maximum atomic E-state index is 11.7. The van der Waals surface area contributed by atoms with E-state index in [9.17, 15) is 8.42 Å². The first-order valence-electron chi connectivity index (χ1n) is 4.76. The molecule has 0 spiro atoms. The summed E-state index contributed by atoms with van der Waals surface area (Å²) in [4.78, 5) is 0. The van der Waals surface area contributed by atoms with Crippen molar-refractivity contribution in [3.63, 3.8) is 0 Å². The number of rotatable bonds is 4. The van der Waals surface area contributed by atoms with Gasteiger partial charge in [-0.1, -0.05) is 25.4 Å². The van der Waals surface area contributed by atoms with Gasteiger partial charge in [0.25, 0.3) is 0 Å². The Morgan fingerprint density at radius 2 is 2.06 bits per heavy atom. The molecule has 90 valence electrons. The fourth-order valence-electron chi connectivity index (χ4n) is 1.22. The molecular formula is C10H13BrClNO2S. The van der Waals surface area contributed by atoms with E-state index in [4.69, 9.17) is 11.6 Å². The van der Waals surface area contributed by atoms with Crippen LogP contribution in [0, 0.1) is 5.92 Å². The molecule has 0 aliphatic heterocycles. The van der Waals surface area contributed by atoms with Crippen LogP contribution in [0.3, 0.4) is 0 Å². The Kier molecular flexibility index (Phi) is 4.64. The van der Waals surface area contributed by atoms with Crippen molar-refractivity contribution in [1.29, 1.82) is 0 Å². The standard InChI is InChI=1S/C10H13BrClNO2S/c1-7(2)6-16(14,15)13-10-5-8(12)3-4-9(10)11/h3-5,7,13H,6H2,1-2H3. The van der Waals surface area contributed by atoms with Crippen molar-refractivity contribution in [3.05, 3.63) is 27.7 Å². The Morgan fingerprint density at radius 1 is 1.44 bits per heavy atom. The van der Waals surface area contributed by atoms with Crippen LogP contribution in [0.4, 0.5) is 5.69 Å². The number of benzene rings is 1. The molecule has 0 atom stereocenters. The summed E-state index contributed by atoms with van der Waals surface area (Å²) in [6.07, 6.45) is 0. The van der Waals surface area contributed by atoms with Crippen LogP contribution in [0.1, 0.15) is 13.8 Å². The summed E-state index contributed by atoms with van der Waals surface area (Å²) in [5, 5.41) is 0.491. The lowest BCUT2D eigenvalue weighted by Crippen LogP contribution is -2.20. The number of hydrogen-bond donors (Lipinski definition) is 1. The summed E-state index contributed by atoms with van der Waals surface area (Å²) >= 11 is 9.06. The van der Waals surface area contributed by atoms with Gasteiger partial charge in [0.1, 0.15) is 0 Å². The summed E-state index contributed by atoms with van der Waals surface area (Å²) in [6, 6.07) is 4.96. The first-order chi connectivity index (χ1) is 7.30. The lowest BCUT2D eigenvalue weighted by atomic mass is 10.3. The van der Waals surface area contributed by atoms with Crippen molar-refractivity contribution in [2.24, 2.45) is 5.92 Å². The molecule has 0 aliphatic rings. The van der Waals surface area contributed by atoms with Crippen LogP contribution < -0.4 is 4.72 Å². The summed E-state index contributed by atoms with van der Waals surface area (Å²) < 4.78 is 26.6. The molecule has 0 unspecified atom stereocenters. The smallest absolute Gasteiger partial charge is 0.233 e. The van der Waals surface area contributed by atoms with Gasteiger partial charge in [-0.2, -0.15) is 0 Å². The second kappa shape index (κ2) is 5.38. The van der Waals surface area contributed by atoms with E-state index in [1.54, 1.807) is 18.2 Å². The van der Waals surface area contributed by atoms with Crippen LogP contribution in [-0.4, -0.2) is 14.2 Å². The van der Waals surface area contributed by atoms with E-state index in [1.165, 1.54) is 0 Å². The van der Waals surface area contributed by atoms with E-state index < -0.39 is 10.0 Å². The summed E-state index contributed by atoms with van der Waals surface area (Å²) in [6.45, 7) is 3.71. The number of sulfonamides is 1. The van der Waals surface area contributed by atoms with Crippen molar-refractivity contribution in [3.8, 4) is 0 Å². The highest BCUT2D eigenvalue weighted by Gasteiger charge is 2.14. The predicted molar refractivity (Wildman–Crippen MR) is 71.4 cm³/mol. The molecule has 0 heterocycles. The van der Waals surface area contributed by atoms with E-state index in [1.807, 2.05) is 13.8 Å². The molecule has 0 aromatic heterocycles. The molecule has 16 heavy (non-hydrogen) atoms. The average Bonchev–Trinajstić information content (AvgIpc) is 2.08. The van der Waals surface area contributed by atoms with Crippen molar-refractivity contribution in [2.45, 2.75) is 13.8 Å². The molecule has 0 fully saturated rings. The Hall–Kier alpha value is -0.260. The average molecular weight is 327 g/mol. The van der Waals surface area contributed by atoms with Crippen LogP contribution in [0.25, 0.3) is 0 Å². The molecule has 6 heteroatoms. The molecule has 0 saturated carbocycles. The second-order valence-corrected chi connectivity index (χ2v) is 6.96. The van der Waals surface area contributed by atoms with Gasteiger partial charge in [-0.05, 0) is 40.0 Å². The third-order valence-corrected chi connectivity index (χ3v) is 4.31. The van der Waals surface area contributed by atoms with Gasteiger partial charge in [-0.25, -0.2) is 8.42 Å². The first kappa shape index (κ1) is 13.8. The van der Waals surface area contributed by atoms with Crippen molar-refractivity contribution < 1.29 is 8.42 Å². The fraction of sp³-hybridized carbons (Fsp3) is 0.400. The zero-order chi connectivity index (χ0) is 12.3. The van der Waals surface area contributed by atoms with Gasteiger partial charge in [0.2, 0.25) is 10.0 Å². The third kappa shape index (κ3) is 4.31. The molecule has 0 aliphatic carbocycles. The molecule has 0 amide bonds. The van der Waals surface area contributed by atoms with E-state index in [0.29, 0.717) is 15.2 Å². The van der Waals surface area contributed by atoms with Crippen LogP contribution in [0.2, 0.25) is 5.02 Å². The van der Waals surface area contributed by atoms with Crippen molar-refractivity contribution in [2.75, 3.05) is 10.5 Å². The zero-order valence-corrected chi connectivity index (χ0v) is 12.2. The summed E-state index contributed by atoms with van der Waals surface area (Å²) in [7, 11) is -3.31. The van der Waals surface area contributed by atoms with Crippen LogP contribution in [0.15, 0.2) is 22.7 Å². The van der Waals surface area contributed by atoms with Crippen LogP contribution >= 0.6 is 27.5 Å². The van der Waals surface area contributed by atoms with Gasteiger partial charge in [0.15, 0.2) is 0 Å². The molecular weight excluding hydrogens is 314 g/mol. The Labute approximate surface area is 109 Å². The molecule has 1 aromatic carbocycles. The van der Waals surface area contributed by atoms with Gasteiger partial charge < -0.3 is 0 Å². The van der Waals surface area contributed by atoms with E-state index >= 15 is 0 Å². The van der Waals surface area contributed by atoms with Gasteiger partial charge in [-0.15, -0.1) is 0 Å². The molecule has 1 rings (SSSR count). The van der Waals surface area contributed by atoms with Gasteiger partial charge in [0, 0.05) is 9.50 Å². The van der Waals surface area contributed by atoms with Crippen LogP contribution in [-0.2, 0) is 10.0 Å². The van der Waals surface area contributed by atoms with Crippen molar-refractivity contribution >= 4 is 43.2 Å². The van der Waals surface area contributed by atoms with Gasteiger partial charge >= 0.3 is 0 Å². The monoisotopic (exact) mass is 325 g/mol. The highest BCUT2D eigenvalue weighted by Crippen LogP contribution is 2.26. The number of hydrogen-bond acceptors (Lipinski definition) is 2. The van der Waals surface area contributed by atoms with Gasteiger partial charge in [-0.3, -0.25) is 4.72 Å². The molecule has 0 radical (unpaired) electrons. The lowest BCUT2D eigenvalue weighted by molar-refractivity contribution is 0.587. The number of anilines is 1. The molecule has 1 N–H and O–H groups in total. The molecule has 1 aromatic rings. The highest BCUT2D eigenvalue weighted by molar-refractivity contribution is 9.10. The van der Waals surface area contributed by atoms with E-state index in [-0.39, 0.29) is 11.7 Å².